The molecule has 0 aliphatic rings. The van der Waals surface area contributed by atoms with Crippen LogP contribution in [0.5, 0.6) is 0 Å². The van der Waals surface area contributed by atoms with Crippen LogP contribution in [0.2, 0.25) is 0 Å². The van der Waals surface area contributed by atoms with E-state index in [1.807, 2.05) is 0 Å². The monoisotopic (exact) mass is 189 g/mol. The Morgan fingerprint density at radius 2 is 2.33 bits per heavy atom. The number of aliphatic hydroxyl groups excluding tert-OH is 1. The largest absolute Gasteiger partial charge is 0.396 e. The van der Waals surface area contributed by atoms with Crippen molar-refractivity contribution in [1.29, 1.82) is 0 Å². The third-order valence-electron chi connectivity index (χ3n) is 1.81. The first-order valence-corrected chi connectivity index (χ1v) is 5.64. The normalized spacial score (nSPS) is 12.9. The molecule has 0 bridgehead atoms. The molecule has 3 heteroatoms. The van der Waals surface area contributed by atoms with Crippen LogP contribution < -0.4 is 5.73 Å². The highest BCUT2D eigenvalue weighted by Crippen LogP contribution is 2.10. The molecule has 0 aromatic heterocycles. The van der Waals surface area contributed by atoms with Gasteiger partial charge in [0.05, 0.1) is 0 Å². The lowest BCUT2D eigenvalue weighted by Crippen LogP contribution is -2.23. The Labute approximate surface area is 79.2 Å². The number of thioether (sulfide) groups is 1. The van der Waals surface area contributed by atoms with E-state index in [1.165, 1.54) is 0 Å². The maximum atomic E-state index is 8.59. The second-order valence-corrected chi connectivity index (χ2v) is 3.86. The molecule has 0 aromatic rings. The van der Waals surface area contributed by atoms with Crippen molar-refractivity contribution in [1.82, 2.24) is 0 Å². The number of hydrogen-bond acceptors (Lipinski definition) is 3. The van der Waals surface area contributed by atoms with E-state index >= 15 is 0 Å². The second kappa shape index (κ2) is 7.65. The number of rotatable bonds is 7. The molecule has 0 spiro atoms. The van der Waals surface area contributed by atoms with Crippen LogP contribution in [-0.2, 0) is 0 Å². The summed E-state index contributed by atoms with van der Waals surface area (Å²) < 4.78 is 0. The lowest BCUT2D eigenvalue weighted by atomic mass is 10.0. The van der Waals surface area contributed by atoms with Crippen LogP contribution in [0.4, 0.5) is 0 Å². The average Bonchev–Trinajstić information content (AvgIpc) is 2.10. The van der Waals surface area contributed by atoms with Crippen LogP contribution in [-0.4, -0.2) is 29.8 Å². The smallest absolute Gasteiger partial charge is 0.0434 e. The van der Waals surface area contributed by atoms with Crippen molar-refractivity contribution in [2.75, 3.05) is 18.6 Å². The molecular formula is C9H19NOS. The first kappa shape index (κ1) is 12.0. The SMILES string of the molecule is C=C(CCCO)[C@@H](N)CCSC. The molecule has 0 heterocycles. The fourth-order valence-electron chi connectivity index (χ4n) is 0.940. The van der Waals surface area contributed by atoms with E-state index in [4.69, 9.17) is 10.8 Å². The summed E-state index contributed by atoms with van der Waals surface area (Å²) in [5, 5.41) is 8.59. The van der Waals surface area contributed by atoms with Crippen LogP contribution in [0.3, 0.4) is 0 Å². The van der Waals surface area contributed by atoms with E-state index in [2.05, 4.69) is 12.8 Å². The van der Waals surface area contributed by atoms with Crippen molar-refractivity contribution in [3.63, 3.8) is 0 Å². The highest BCUT2D eigenvalue weighted by molar-refractivity contribution is 7.98. The van der Waals surface area contributed by atoms with Crippen LogP contribution in [0.15, 0.2) is 12.2 Å². The molecule has 0 saturated heterocycles. The molecule has 72 valence electrons. The average molecular weight is 189 g/mol. The highest BCUT2D eigenvalue weighted by Gasteiger charge is 2.05. The Morgan fingerprint density at radius 1 is 1.67 bits per heavy atom. The summed E-state index contributed by atoms with van der Waals surface area (Å²) in [5.74, 6) is 1.08. The van der Waals surface area contributed by atoms with Crippen molar-refractivity contribution >= 4 is 11.8 Å². The molecular weight excluding hydrogens is 170 g/mol. The van der Waals surface area contributed by atoms with E-state index in [9.17, 15) is 0 Å². The van der Waals surface area contributed by atoms with Crippen LogP contribution >= 0.6 is 11.8 Å². The van der Waals surface area contributed by atoms with Gasteiger partial charge in [0.15, 0.2) is 0 Å². The van der Waals surface area contributed by atoms with Crippen molar-refractivity contribution < 1.29 is 5.11 Å². The first-order chi connectivity index (χ1) is 5.72. The summed E-state index contributed by atoms with van der Waals surface area (Å²) in [6.45, 7) is 4.13. The summed E-state index contributed by atoms with van der Waals surface area (Å²) in [6.07, 6.45) is 4.70. The van der Waals surface area contributed by atoms with Gasteiger partial charge in [-0.1, -0.05) is 12.2 Å². The zero-order valence-corrected chi connectivity index (χ0v) is 8.57. The Hall–Kier alpha value is 0.0100. The lowest BCUT2D eigenvalue weighted by Gasteiger charge is -2.13. The van der Waals surface area contributed by atoms with Gasteiger partial charge in [-0.25, -0.2) is 0 Å². The molecule has 3 N–H and O–H groups in total. The predicted octanol–water partition coefficient (Wildman–Crippen LogP) is 1.40. The Morgan fingerprint density at radius 3 is 2.83 bits per heavy atom. The number of nitrogens with two attached hydrogens (primary N) is 1. The van der Waals surface area contributed by atoms with E-state index in [0.717, 1.165) is 30.6 Å². The van der Waals surface area contributed by atoms with Crippen molar-refractivity contribution in [2.45, 2.75) is 25.3 Å². The van der Waals surface area contributed by atoms with Crippen molar-refractivity contribution in [3.8, 4) is 0 Å². The lowest BCUT2D eigenvalue weighted by molar-refractivity contribution is 0.287. The molecule has 0 saturated carbocycles. The van der Waals surface area contributed by atoms with Gasteiger partial charge in [0, 0.05) is 12.6 Å². The van der Waals surface area contributed by atoms with Crippen molar-refractivity contribution in [3.05, 3.63) is 12.2 Å². The predicted molar refractivity (Wildman–Crippen MR) is 56.4 cm³/mol. The Balaban J connectivity index is 3.47. The molecule has 0 rings (SSSR count). The fourth-order valence-corrected chi connectivity index (χ4v) is 1.43. The van der Waals surface area contributed by atoms with Gasteiger partial charge in [0.25, 0.3) is 0 Å². The number of hydrogen-bond donors (Lipinski definition) is 2. The van der Waals surface area contributed by atoms with Gasteiger partial charge < -0.3 is 10.8 Å². The Bertz CT molecular complexity index is 128. The van der Waals surface area contributed by atoms with Crippen LogP contribution in [0.25, 0.3) is 0 Å². The molecule has 0 unspecified atom stereocenters. The van der Waals surface area contributed by atoms with Gasteiger partial charge in [-0.2, -0.15) is 11.8 Å². The zero-order valence-electron chi connectivity index (χ0n) is 7.75. The molecule has 12 heavy (non-hydrogen) atoms. The molecule has 0 radical (unpaired) electrons. The van der Waals surface area contributed by atoms with E-state index in [1.54, 1.807) is 11.8 Å². The Kier molecular flexibility index (Phi) is 7.65. The van der Waals surface area contributed by atoms with Crippen LogP contribution in [0.1, 0.15) is 19.3 Å². The van der Waals surface area contributed by atoms with Gasteiger partial charge in [0.2, 0.25) is 0 Å². The summed E-state index contributed by atoms with van der Waals surface area (Å²) in [7, 11) is 0. The minimum atomic E-state index is 0.115. The second-order valence-electron chi connectivity index (χ2n) is 2.87. The molecule has 0 aliphatic carbocycles. The summed E-state index contributed by atoms with van der Waals surface area (Å²) in [5.41, 5.74) is 6.92. The summed E-state index contributed by atoms with van der Waals surface area (Å²) in [6, 6.07) is 0.115. The molecule has 0 fully saturated rings. The van der Waals surface area contributed by atoms with Gasteiger partial charge in [-0.3, -0.25) is 0 Å². The zero-order chi connectivity index (χ0) is 9.40. The van der Waals surface area contributed by atoms with Gasteiger partial charge >= 0.3 is 0 Å². The molecule has 0 aliphatic heterocycles. The van der Waals surface area contributed by atoms with Crippen molar-refractivity contribution in [2.24, 2.45) is 5.73 Å². The summed E-state index contributed by atoms with van der Waals surface area (Å²) in [4.78, 5) is 0. The molecule has 2 nitrogen and oxygen atoms in total. The fraction of sp³-hybridized carbons (Fsp3) is 0.778. The molecule has 1 atom stereocenters. The summed E-state index contributed by atoms with van der Waals surface area (Å²) >= 11 is 1.80. The molecule has 0 aromatic carbocycles. The van der Waals surface area contributed by atoms with Crippen LogP contribution in [0, 0.1) is 0 Å². The van der Waals surface area contributed by atoms with Gasteiger partial charge in [-0.05, 0) is 31.3 Å². The maximum Gasteiger partial charge on any atom is 0.0434 e. The number of aliphatic hydroxyl groups is 1. The minimum Gasteiger partial charge on any atom is -0.396 e. The third-order valence-corrected chi connectivity index (χ3v) is 2.46. The minimum absolute atomic E-state index is 0.115. The quantitative estimate of drug-likeness (QED) is 0.595. The van der Waals surface area contributed by atoms with E-state index in [0.29, 0.717) is 0 Å². The standard InChI is InChI=1S/C9H19NOS/c1-8(4-3-6-11)9(10)5-7-12-2/h9,11H,1,3-7,10H2,2H3/t9-/m0/s1. The van der Waals surface area contributed by atoms with Gasteiger partial charge in [-0.15, -0.1) is 0 Å². The van der Waals surface area contributed by atoms with E-state index in [-0.39, 0.29) is 12.6 Å². The third kappa shape index (κ3) is 5.63. The topological polar surface area (TPSA) is 46.2 Å². The van der Waals surface area contributed by atoms with Gasteiger partial charge in [0.1, 0.15) is 0 Å². The molecule has 0 amide bonds. The maximum absolute atomic E-state index is 8.59. The van der Waals surface area contributed by atoms with E-state index < -0.39 is 0 Å². The highest BCUT2D eigenvalue weighted by atomic mass is 32.2. The first-order valence-electron chi connectivity index (χ1n) is 4.25.